The van der Waals surface area contributed by atoms with Gasteiger partial charge in [-0.3, -0.25) is 10.1 Å². The molecule has 1 heterocycles. The number of halogens is 1. The van der Waals surface area contributed by atoms with E-state index in [1.54, 1.807) is 19.1 Å². The molecule has 0 bridgehead atoms. The molecule has 1 aromatic carbocycles. The van der Waals surface area contributed by atoms with Crippen LogP contribution in [0.2, 0.25) is 0 Å². The van der Waals surface area contributed by atoms with Gasteiger partial charge in [-0.1, -0.05) is 12.1 Å². The number of hydrogen-bond acceptors (Lipinski definition) is 2. The molecule has 1 saturated heterocycles. The van der Waals surface area contributed by atoms with Crippen LogP contribution in [0.5, 0.6) is 0 Å². The molecule has 1 aliphatic heterocycles. The van der Waals surface area contributed by atoms with Crippen LogP contribution < -0.4 is 10.6 Å². The zero-order chi connectivity index (χ0) is 11.0. The predicted molar refractivity (Wildman–Crippen MR) is 50.6 cm³/mol. The first-order valence-corrected chi connectivity index (χ1v) is 4.45. The lowest BCUT2D eigenvalue weighted by Crippen LogP contribution is -2.22. The highest BCUT2D eigenvalue weighted by molar-refractivity contribution is 6.04. The van der Waals surface area contributed by atoms with E-state index in [0.717, 1.165) is 0 Å². The topological polar surface area (TPSA) is 58.2 Å². The van der Waals surface area contributed by atoms with E-state index in [2.05, 4.69) is 10.6 Å². The molecule has 2 N–H and O–H groups in total. The van der Waals surface area contributed by atoms with E-state index in [0.29, 0.717) is 11.1 Å². The van der Waals surface area contributed by atoms with Crippen LogP contribution in [0.1, 0.15) is 17.2 Å². The van der Waals surface area contributed by atoms with Crippen LogP contribution in [0.25, 0.3) is 0 Å². The van der Waals surface area contributed by atoms with Crippen LogP contribution in [0, 0.1) is 12.7 Å². The van der Waals surface area contributed by atoms with E-state index in [-0.39, 0.29) is 5.82 Å². The Kier molecular flexibility index (Phi) is 2.15. The number of urea groups is 1. The Bertz CT molecular complexity index is 445. The summed E-state index contributed by atoms with van der Waals surface area (Å²) in [7, 11) is 0. The molecule has 5 heteroatoms. The van der Waals surface area contributed by atoms with Gasteiger partial charge >= 0.3 is 6.03 Å². The minimum atomic E-state index is -0.785. The Morgan fingerprint density at radius 1 is 1.33 bits per heavy atom. The predicted octanol–water partition coefficient (Wildman–Crippen LogP) is 1.01. The number of rotatable bonds is 1. The van der Waals surface area contributed by atoms with E-state index in [1.165, 1.54) is 6.07 Å². The van der Waals surface area contributed by atoms with Gasteiger partial charge in [-0.15, -0.1) is 0 Å². The number of aryl methyl sites for hydroxylation is 1. The zero-order valence-corrected chi connectivity index (χ0v) is 8.00. The Labute approximate surface area is 85.5 Å². The van der Waals surface area contributed by atoms with E-state index in [4.69, 9.17) is 0 Å². The van der Waals surface area contributed by atoms with Crippen molar-refractivity contribution in [3.8, 4) is 0 Å². The maximum Gasteiger partial charge on any atom is 0.322 e. The molecular formula is C10H9FN2O2. The Hall–Kier alpha value is -1.91. The molecule has 0 aromatic heterocycles. The standard InChI is InChI=1S/C10H9FN2O2/c1-5-2-3-6(4-7(5)11)8-9(14)13-10(15)12-8/h2-4,8H,1H3,(H2,12,13,14,15). The molecule has 4 nitrogen and oxygen atoms in total. The molecule has 0 aliphatic carbocycles. The average Bonchev–Trinajstić information content (AvgIpc) is 2.50. The fourth-order valence-corrected chi connectivity index (χ4v) is 1.44. The van der Waals surface area contributed by atoms with Gasteiger partial charge in [0.1, 0.15) is 11.9 Å². The molecule has 1 fully saturated rings. The molecule has 78 valence electrons. The molecule has 0 saturated carbocycles. The summed E-state index contributed by atoms with van der Waals surface area (Å²) in [6.45, 7) is 1.63. The van der Waals surface area contributed by atoms with Gasteiger partial charge in [0.25, 0.3) is 5.91 Å². The molecule has 1 unspecified atom stereocenters. The van der Waals surface area contributed by atoms with Crippen LogP contribution in [-0.4, -0.2) is 11.9 Å². The third-order valence-corrected chi connectivity index (χ3v) is 2.30. The van der Waals surface area contributed by atoms with Crippen molar-refractivity contribution < 1.29 is 14.0 Å². The SMILES string of the molecule is Cc1ccc(C2NC(=O)NC2=O)cc1F. The number of benzene rings is 1. The normalized spacial score (nSPS) is 20.0. The first-order valence-electron chi connectivity index (χ1n) is 4.45. The molecular weight excluding hydrogens is 199 g/mol. The number of amides is 3. The van der Waals surface area contributed by atoms with Gasteiger partial charge in [-0.05, 0) is 24.1 Å². The summed E-state index contributed by atoms with van der Waals surface area (Å²) in [5.41, 5.74) is 0.949. The number of nitrogens with one attached hydrogen (secondary N) is 2. The quantitative estimate of drug-likeness (QED) is 0.677. The second kappa shape index (κ2) is 3.34. The highest BCUT2D eigenvalue weighted by atomic mass is 19.1. The summed E-state index contributed by atoms with van der Waals surface area (Å²) in [5, 5.41) is 4.49. The van der Waals surface area contributed by atoms with Gasteiger partial charge in [-0.2, -0.15) is 0 Å². The van der Waals surface area contributed by atoms with Crippen LogP contribution in [-0.2, 0) is 4.79 Å². The Morgan fingerprint density at radius 3 is 2.60 bits per heavy atom. The highest BCUT2D eigenvalue weighted by Crippen LogP contribution is 2.19. The largest absolute Gasteiger partial charge is 0.322 e. The number of imide groups is 1. The molecule has 3 amide bonds. The first-order chi connectivity index (χ1) is 7.08. The van der Waals surface area contributed by atoms with Crippen molar-refractivity contribution in [1.82, 2.24) is 10.6 Å². The van der Waals surface area contributed by atoms with Crippen molar-refractivity contribution in [1.29, 1.82) is 0 Å². The van der Waals surface area contributed by atoms with E-state index < -0.39 is 18.0 Å². The number of hydrogen-bond donors (Lipinski definition) is 2. The van der Waals surface area contributed by atoms with Crippen LogP contribution in [0.4, 0.5) is 9.18 Å². The van der Waals surface area contributed by atoms with Gasteiger partial charge in [-0.25, -0.2) is 9.18 Å². The van der Waals surface area contributed by atoms with Gasteiger partial charge in [0.2, 0.25) is 0 Å². The van der Waals surface area contributed by atoms with E-state index in [1.807, 2.05) is 0 Å². The second-order valence-corrected chi connectivity index (χ2v) is 3.40. The number of carbonyl (C=O) groups excluding carboxylic acids is 2. The molecule has 1 atom stereocenters. The Balaban J connectivity index is 2.34. The lowest BCUT2D eigenvalue weighted by Gasteiger charge is -2.08. The molecule has 0 radical (unpaired) electrons. The molecule has 2 rings (SSSR count). The summed E-state index contributed by atoms with van der Waals surface area (Å²) in [5.74, 6) is -0.843. The average molecular weight is 208 g/mol. The summed E-state index contributed by atoms with van der Waals surface area (Å²) in [6, 6.07) is 3.11. The summed E-state index contributed by atoms with van der Waals surface area (Å²) in [4.78, 5) is 22.1. The van der Waals surface area contributed by atoms with Crippen LogP contribution >= 0.6 is 0 Å². The minimum absolute atomic E-state index is 0.388. The van der Waals surface area contributed by atoms with Gasteiger partial charge in [0.15, 0.2) is 0 Å². The molecule has 15 heavy (non-hydrogen) atoms. The summed E-state index contributed by atoms with van der Waals surface area (Å²) in [6.07, 6.45) is 0. The van der Waals surface area contributed by atoms with Crippen molar-refractivity contribution >= 4 is 11.9 Å². The third-order valence-electron chi connectivity index (χ3n) is 2.30. The van der Waals surface area contributed by atoms with Crippen molar-refractivity contribution in [2.24, 2.45) is 0 Å². The van der Waals surface area contributed by atoms with Gasteiger partial charge in [0.05, 0.1) is 0 Å². The lowest BCUT2D eigenvalue weighted by atomic mass is 10.1. The third kappa shape index (κ3) is 1.68. The lowest BCUT2D eigenvalue weighted by molar-refractivity contribution is -0.120. The maximum absolute atomic E-state index is 13.2. The second-order valence-electron chi connectivity index (χ2n) is 3.40. The molecule has 0 spiro atoms. The van der Waals surface area contributed by atoms with Gasteiger partial charge in [0, 0.05) is 0 Å². The fourth-order valence-electron chi connectivity index (χ4n) is 1.44. The fraction of sp³-hybridized carbons (Fsp3) is 0.200. The van der Waals surface area contributed by atoms with Crippen molar-refractivity contribution in [3.05, 3.63) is 35.1 Å². The van der Waals surface area contributed by atoms with Crippen LogP contribution in [0.15, 0.2) is 18.2 Å². The molecule has 1 aliphatic rings. The van der Waals surface area contributed by atoms with Gasteiger partial charge < -0.3 is 5.32 Å². The van der Waals surface area contributed by atoms with E-state index in [9.17, 15) is 14.0 Å². The highest BCUT2D eigenvalue weighted by Gasteiger charge is 2.30. The van der Waals surface area contributed by atoms with E-state index >= 15 is 0 Å². The maximum atomic E-state index is 13.2. The number of carbonyl (C=O) groups is 2. The zero-order valence-electron chi connectivity index (χ0n) is 8.00. The summed E-state index contributed by atoms with van der Waals surface area (Å²) >= 11 is 0. The smallest absolute Gasteiger partial charge is 0.322 e. The minimum Gasteiger partial charge on any atom is -0.322 e. The van der Waals surface area contributed by atoms with Crippen LogP contribution in [0.3, 0.4) is 0 Å². The monoisotopic (exact) mass is 208 g/mol. The van der Waals surface area contributed by atoms with Crippen molar-refractivity contribution in [2.45, 2.75) is 13.0 Å². The van der Waals surface area contributed by atoms with Crippen molar-refractivity contribution in [2.75, 3.05) is 0 Å². The summed E-state index contributed by atoms with van der Waals surface area (Å²) < 4.78 is 13.2. The molecule has 1 aromatic rings. The first kappa shape index (κ1) is 9.64. The van der Waals surface area contributed by atoms with Crippen molar-refractivity contribution in [3.63, 3.8) is 0 Å². The Morgan fingerprint density at radius 2 is 2.07 bits per heavy atom.